The number of aliphatic hydroxyl groups is 1. The summed E-state index contributed by atoms with van der Waals surface area (Å²) in [5, 5.41) is 13.7. The Bertz CT molecular complexity index is 2340. The first-order valence-corrected chi connectivity index (χ1v) is 20.2. The van der Waals surface area contributed by atoms with Gasteiger partial charge in [0.05, 0.1) is 0 Å². The van der Waals surface area contributed by atoms with Gasteiger partial charge in [0.1, 0.15) is 28.4 Å². The summed E-state index contributed by atoms with van der Waals surface area (Å²) in [6, 6.07) is 25.1. The van der Waals surface area contributed by atoms with Gasteiger partial charge in [-0.25, -0.2) is 0 Å². The third-order valence-electron chi connectivity index (χ3n) is 12.0. The van der Waals surface area contributed by atoms with Crippen LogP contribution in [0.4, 0.5) is 0 Å². The summed E-state index contributed by atoms with van der Waals surface area (Å²) in [4.78, 5) is 17.2. The number of aromatic nitrogens is 1. The Morgan fingerprint density at radius 2 is 1.48 bits per heavy atom. The van der Waals surface area contributed by atoms with E-state index in [1.54, 1.807) is 0 Å². The molecule has 0 aliphatic rings. The normalized spacial score (nSPS) is 12.6. The number of hydrogen-bond acceptors (Lipinski definition) is 5. The minimum absolute atomic E-state index is 0. The molecule has 6 heteroatoms. The number of carbonyl (C=O) groups excluding carboxylic acids is 1. The van der Waals surface area contributed by atoms with E-state index in [-0.39, 0.29) is 47.9 Å². The molecule has 3 aromatic heterocycles. The zero-order valence-corrected chi connectivity index (χ0v) is 38.3. The van der Waals surface area contributed by atoms with Gasteiger partial charge in [-0.2, -0.15) is 0 Å². The molecular formula is C50H62IrNO4-. The smallest absolute Gasteiger partial charge is 0.164 e. The van der Waals surface area contributed by atoms with Gasteiger partial charge in [-0.05, 0) is 75.0 Å². The maximum atomic E-state index is 12.2. The van der Waals surface area contributed by atoms with Crippen LogP contribution in [0.3, 0.4) is 0 Å². The molecule has 0 saturated heterocycles. The predicted octanol–water partition coefficient (Wildman–Crippen LogP) is 14.6. The fourth-order valence-electron chi connectivity index (χ4n) is 7.27. The molecule has 0 bridgehead atoms. The van der Waals surface area contributed by atoms with Crippen LogP contribution in [-0.4, -0.2) is 15.9 Å². The number of allylic oxidation sites excluding steroid dienone is 2. The first-order valence-electron chi connectivity index (χ1n) is 20.2. The number of pyridine rings is 1. The third kappa shape index (κ3) is 9.24. The molecule has 0 fully saturated rings. The van der Waals surface area contributed by atoms with Gasteiger partial charge in [0.25, 0.3) is 0 Å². The molecule has 0 aliphatic heterocycles. The monoisotopic (exact) mass is 933 g/mol. The molecule has 301 valence electrons. The predicted molar refractivity (Wildman–Crippen MR) is 231 cm³/mol. The number of aryl methyl sites for hydroxylation is 2. The quantitative estimate of drug-likeness (QED) is 0.0796. The third-order valence-corrected chi connectivity index (χ3v) is 12.0. The van der Waals surface area contributed by atoms with Crippen LogP contribution in [0.5, 0.6) is 0 Å². The van der Waals surface area contributed by atoms with E-state index in [9.17, 15) is 9.90 Å². The molecule has 6 rings (SSSR count). The summed E-state index contributed by atoms with van der Waals surface area (Å²) in [6.45, 7) is 27.4. The molecule has 0 spiro atoms. The van der Waals surface area contributed by atoms with Crippen molar-refractivity contribution in [1.82, 2.24) is 4.98 Å². The average Bonchev–Trinajstić information content (AvgIpc) is 3.69. The van der Waals surface area contributed by atoms with Crippen LogP contribution in [0.25, 0.3) is 55.2 Å². The van der Waals surface area contributed by atoms with E-state index in [0.717, 1.165) is 88.1 Å². The van der Waals surface area contributed by atoms with Crippen LogP contribution in [0.2, 0.25) is 0 Å². The van der Waals surface area contributed by atoms with Crippen molar-refractivity contribution in [2.24, 2.45) is 16.7 Å². The Kier molecular flexibility index (Phi) is 14.1. The number of nitrogens with zero attached hydrogens (tertiary/aromatic N) is 1. The van der Waals surface area contributed by atoms with Crippen molar-refractivity contribution >= 4 is 38.6 Å². The molecule has 0 saturated carbocycles. The summed E-state index contributed by atoms with van der Waals surface area (Å²) >= 11 is 0. The van der Waals surface area contributed by atoms with Crippen molar-refractivity contribution in [3.63, 3.8) is 0 Å². The molecule has 5 nitrogen and oxygen atoms in total. The SMILES string of the molecule is CCC(C)(CC)C(=O)/C=C(\O)C(C)(CC)CC.Cc1cc2nc(-c3[c-]c4ccccc4c(C(C)(C)C)c3)cc(-c3ccc4oc(C)c(CC(C)C)c4c3)c2o1.[Ir]. The summed E-state index contributed by atoms with van der Waals surface area (Å²) in [5.74, 6) is 2.68. The van der Waals surface area contributed by atoms with Crippen molar-refractivity contribution < 1.29 is 38.8 Å². The van der Waals surface area contributed by atoms with Crippen LogP contribution in [0.15, 0.2) is 81.3 Å². The van der Waals surface area contributed by atoms with Crippen molar-refractivity contribution in [2.45, 2.75) is 128 Å². The molecule has 6 aromatic rings. The molecular weight excluding hydrogens is 871 g/mol. The van der Waals surface area contributed by atoms with E-state index in [2.05, 4.69) is 102 Å². The second-order valence-corrected chi connectivity index (χ2v) is 17.4. The van der Waals surface area contributed by atoms with Gasteiger partial charge in [0.2, 0.25) is 0 Å². The second-order valence-electron chi connectivity index (χ2n) is 17.4. The number of aliphatic hydroxyl groups excluding tert-OH is 1. The molecule has 1 radical (unpaired) electrons. The van der Waals surface area contributed by atoms with Gasteiger partial charge >= 0.3 is 0 Å². The Hall–Kier alpha value is -3.99. The molecule has 1 N–H and O–H groups in total. The zero-order chi connectivity index (χ0) is 40.5. The Morgan fingerprint density at radius 3 is 2.09 bits per heavy atom. The number of furan rings is 2. The first-order chi connectivity index (χ1) is 25.9. The van der Waals surface area contributed by atoms with Crippen molar-refractivity contribution in [1.29, 1.82) is 0 Å². The number of fused-ring (bicyclic) bond motifs is 3. The summed E-state index contributed by atoms with van der Waals surface area (Å²) < 4.78 is 12.3. The molecule has 56 heavy (non-hydrogen) atoms. The maximum absolute atomic E-state index is 12.2. The molecule has 0 aliphatic carbocycles. The van der Waals surface area contributed by atoms with Crippen LogP contribution < -0.4 is 0 Å². The minimum Gasteiger partial charge on any atom is -0.512 e. The molecule has 0 unspecified atom stereocenters. The molecule has 3 heterocycles. The Balaban J connectivity index is 0.000000330. The van der Waals surface area contributed by atoms with E-state index in [1.165, 1.54) is 28.0 Å². The van der Waals surface area contributed by atoms with E-state index >= 15 is 0 Å². The van der Waals surface area contributed by atoms with E-state index < -0.39 is 0 Å². The summed E-state index contributed by atoms with van der Waals surface area (Å²) in [5.41, 5.74) is 8.60. The van der Waals surface area contributed by atoms with Gasteiger partial charge in [0.15, 0.2) is 11.4 Å². The number of benzene rings is 3. The van der Waals surface area contributed by atoms with Crippen molar-refractivity contribution in [2.75, 3.05) is 0 Å². The van der Waals surface area contributed by atoms with E-state index in [1.807, 2.05) is 54.5 Å². The molecule has 0 amide bonds. The topological polar surface area (TPSA) is 76.5 Å². The Morgan fingerprint density at radius 1 is 0.839 bits per heavy atom. The number of ketones is 1. The summed E-state index contributed by atoms with van der Waals surface area (Å²) in [6.07, 6.45) is 5.74. The largest absolute Gasteiger partial charge is 0.512 e. The first kappa shape index (κ1) is 44.7. The zero-order valence-electron chi connectivity index (χ0n) is 35.9. The van der Waals surface area contributed by atoms with Gasteiger partial charge in [-0.15, -0.1) is 29.1 Å². The van der Waals surface area contributed by atoms with Crippen molar-refractivity contribution in [3.8, 4) is 22.4 Å². The van der Waals surface area contributed by atoms with Crippen LogP contribution in [0, 0.1) is 36.7 Å². The van der Waals surface area contributed by atoms with Gasteiger partial charge < -0.3 is 13.9 Å². The van der Waals surface area contributed by atoms with Crippen molar-refractivity contribution in [3.05, 3.63) is 101 Å². The van der Waals surface area contributed by atoms with Gasteiger partial charge in [0, 0.05) is 65.3 Å². The number of hydrogen-bond donors (Lipinski definition) is 1. The molecule has 3 aromatic carbocycles. The number of carbonyl (C=O) groups is 1. The standard InChI is InChI=1S/C35H34NO2.C15H28O2.Ir/c1-20(2)14-27-22(4)38-33-13-12-24(17-29(27)33)28-19-31(36-32-15-21(3)37-34(28)32)25-16-23-10-8-9-11-26(23)30(18-25)35(5,6)7;1-7-14(5,8-2)12(16)11-13(17)15(6,9-3)10-4;/h8-13,15,17-20H,14H2,1-7H3;11,16H,7-10H2,1-6H3;/q-1;;/b;12-11-;. The minimum atomic E-state index is -0.337. The van der Waals surface area contributed by atoms with Crippen LogP contribution in [0.1, 0.15) is 124 Å². The van der Waals surface area contributed by atoms with Gasteiger partial charge in [-0.3, -0.25) is 9.78 Å². The van der Waals surface area contributed by atoms with E-state index in [4.69, 9.17) is 13.8 Å². The fraction of sp³-hybridized carbons (Fsp3) is 0.440. The van der Waals surface area contributed by atoms with E-state index in [0.29, 0.717) is 5.92 Å². The molecule has 0 atom stereocenters. The van der Waals surface area contributed by atoms with Crippen LogP contribution >= 0.6 is 0 Å². The van der Waals surface area contributed by atoms with Gasteiger partial charge in [-0.1, -0.05) is 117 Å². The van der Waals surface area contributed by atoms with Crippen LogP contribution in [-0.2, 0) is 36.7 Å². The number of rotatable bonds is 11. The average molecular weight is 933 g/mol. The Labute approximate surface area is 348 Å². The fourth-order valence-corrected chi connectivity index (χ4v) is 7.27. The summed E-state index contributed by atoms with van der Waals surface area (Å²) in [7, 11) is 0. The second kappa shape index (κ2) is 17.7. The maximum Gasteiger partial charge on any atom is 0.164 e.